The van der Waals surface area contributed by atoms with Crippen molar-refractivity contribution in [2.45, 2.75) is 128 Å². The van der Waals surface area contributed by atoms with E-state index in [4.69, 9.17) is 37.7 Å². The van der Waals surface area contributed by atoms with Gasteiger partial charge in [-0.3, -0.25) is 28.5 Å². The quantitative estimate of drug-likeness (QED) is 0.0398. The molecule has 80 heavy (non-hydrogen) atoms. The van der Waals surface area contributed by atoms with E-state index in [2.05, 4.69) is 5.32 Å². The summed E-state index contributed by atoms with van der Waals surface area (Å²) in [7, 11) is -5.07. The van der Waals surface area contributed by atoms with E-state index in [1.165, 1.54) is 83.1 Å². The average molecular weight is 1120 g/mol. The number of carbonyl (C=O) groups is 8. The van der Waals surface area contributed by atoms with Crippen molar-refractivity contribution in [3.05, 3.63) is 154 Å². The summed E-state index contributed by atoms with van der Waals surface area (Å²) in [5.74, 6) is -9.65. The summed E-state index contributed by atoms with van der Waals surface area (Å²) in [6.45, 7) is 8.18. The fraction of sp³-hybridized carbons (Fsp3) is 0.414. The summed E-state index contributed by atoms with van der Waals surface area (Å²) in [6.07, 6.45) is -11.9. The van der Waals surface area contributed by atoms with Crippen LogP contribution in [0, 0.1) is 16.7 Å². The minimum Gasteiger partial charge on any atom is -0.458 e. The first-order chi connectivity index (χ1) is 37.8. The van der Waals surface area contributed by atoms with Crippen LogP contribution in [-0.4, -0.2) is 117 Å². The van der Waals surface area contributed by atoms with E-state index in [1.54, 1.807) is 66.7 Å². The number of ether oxygens (including phenoxy) is 7. The highest BCUT2D eigenvalue weighted by Crippen LogP contribution is 2.65. The van der Waals surface area contributed by atoms with Gasteiger partial charge in [0.1, 0.15) is 36.1 Å². The largest absolute Gasteiger partial charge is 0.469 e. The molecule has 3 aliphatic carbocycles. The molecule has 1 amide bonds. The number of Topliss-reactive ketones (excluding diaryl/α,β-unsaturated/α-hetero) is 1. The number of aliphatic hydroxyl groups is 1. The summed E-state index contributed by atoms with van der Waals surface area (Å²) in [5.41, 5.74) is -8.67. The third kappa shape index (κ3) is 11.2. The highest BCUT2D eigenvalue weighted by molar-refractivity contribution is 7.46. The standard InChI is InChI=1S/C58H62NO20P/c1-8-43(62)77-47(45(35-20-12-9-13-21-35)59-51(64)36-22-14-10-15-23-36)54(67)75-40-29-58(68)50(78-52(65)37-24-16-11-17-25-37)48-56(7,49(63)46(74-33(3)60)44(32(40)2)55(58,5)6)41(28-42-57(48,31-72-42)79-34(4)61)76-53(66)39-27-19-18-26-38(39)30-73-80(69,70)71/h9-27,40-42,45-48,50,68H,8,28-31H2,1-7H3,(H,59,64)(H2,69,70,71)/t40-,41-,42+,45-,46+,47+,48-,50-,56+,57-,58+/m0/s1. The van der Waals surface area contributed by atoms with Gasteiger partial charge in [-0.25, -0.2) is 18.9 Å². The van der Waals surface area contributed by atoms with E-state index in [0.29, 0.717) is 5.56 Å². The van der Waals surface area contributed by atoms with Gasteiger partial charge in [-0.15, -0.1) is 0 Å². The molecule has 22 heteroatoms. The van der Waals surface area contributed by atoms with Gasteiger partial charge in [0.2, 0.25) is 6.10 Å². The monoisotopic (exact) mass is 1120 g/mol. The number of carbonyl (C=O) groups excluding carboxylic acids is 8. The maximum absolute atomic E-state index is 16.5. The van der Waals surface area contributed by atoms with Gasteiger partial charge >= 0.3 is 43.6 Å². The Bertz CT molecular complexity index is 3140. The second-order valence-electron chi connectivity index (χ2n) is 21.0. The van der Waals surface area contributed by atoms with E-state index < -0.39 is 152 Å². The van der Waals surface area contributed by atoms with E-state index in [-0.39, 0.29) is 39.8 Å². The Hall–Kier alpha value is -7.39. The number of hydrogen-bond acceptors (Lipinski definition) is 18. The number of rotatable bonds is 17. The number of nitrogens with one attached hydrogen (secondary N) is 1. The molecule has 3 fully saturated rings. The van der Waals surface area contributed by atoms with E-state index in [1.807, 2.05) is 0 Å². The Morgan fingerprint density at radius 3 is 1.95 bits per heavy atom. The third-order valence-electron chi connectivity index (χ3n) is 15.8. The molecule has 4 aromatic carbocycles. The van der Waals surface area contributed by atoms with Gasteiger partial charge in [-0.1, -0.05) is 106 Å². The van der Waals surface area contributed by atoms with Crippen molar-refractivity contribution >= 4 is 55.3 Å². The first-order valence-corrected chi connectivity index (χ1v) is 27.3. The zero-order chi connectivity index (χ0) is 58.1. The second kappa shape index (κ2) is 23.0. The molecule has 1 heterocycles. The van der Waals surface area contributed by atoms with Crippen LogP contribution in [0.15, 0.2) is 126 Å². The minimum absolute atomic E-state index is 0.0312. The second-order valence-corrected chi connectivity index (χ2v) is 22.2. The summed E-state index contributed by atoms with van der Waals surface area (Å²) in [5, 5.41) is 17.1. The smallest absolute Gasteiger partial charge is 0.458 e. The summed E-state index contributed by atoms with van der Waals surface area (Å²) in [4.78, 5) is 135. The first-order valence-electron chi connectivity index (χ1n) is 25.8. The Labute approximate surface area is 460 Å². The van der Waals surface area contributed by atoms with Crippen molar-refractivity contribution in [3.63, 3.8) is 0 Å². The predicted molar refractivity (Wildman–Crippen MR) is 278 cm³/mol. The van der Waals surface area contributed by atoms with Crippen molar-refractivity contribution in [2.75, 3.05) is 6.61 Å². The molecule has 0 spiro atoms. The van der Waals surface area contributed by atoms with Gasteiger partial charge in [0, 0.05) is 44.1 Å². The lowest BCUT2D eigenvalue weighted by Crippen LogP contribution is -2.82. The molecule has 2 saturated carbocycles. The van der Waals surface area contributed by atoms with Crippen molar-refractivity contribution in [1.29, 1.82) is 0 Å². The lowest BCUT2D eigenvalue weighted by molar-refractivity contribution is -0.345. The number of ketones is 1. The van der Waals surface area contributed by atoms with Crippen LogP contribution < -0.4 is 5.32 Å². The van der Waals surface area contributed by atoms with Crippen LogP contribution in [0.25, 0.3) is 0 Å². The fourth-order valence-electron chi connectivity index (χ4n) is 11.9. The molecular formula is C58H62NO20P. The van der Waals surface area contributed by atoms with Crippen molar-refractivity contribution in [3.8, 4) is 0 Å². The molecule has 1 aliphatic heterocycles. The Kier molecular flexibility index (Phi) is 16.9. The lowest BCUT2D eigenvalue weighted by Gasteiger charge is -2.67. The number of benzene rings is 4. The molecule has 2 bridgehead atoms. The molecular weight excluding hydrogens is 1060 g/mol. The zero-order valence-electron chi connectivity index (χ0n) is 44.9. The lowest BCUT2D eigenvalue weighted by atomic mass is 9.44. The molecule has 424 valence electrons. The van der Waals surface area contributed by atoms with Crippen LogP contribution in [0.3, 0.4) is 0 Å². The van der Waals surface area contributed by atoms with Crippen LogP contribution >= 0.6 is 7.82 Å². The van der Waals surface area contributed by atoms with Crippen LogP contribution in [0.4, 0.5) is 0 Å². The van der Waals surface area contributed by atoms with Gasteiger partial charge in [0.05, 0.1) is 35.7 Å². The molecule has 4 aliphatic rings. The normalized spacial score (nSPS) is 27.4. The topological polar surface area (TPSA) is 300 Å². The summed E-state index contributed by atoms with van der Waals surface area (Å²) >= 11 is 0. The third-order valence-corrected chi connectivity index (χ3v) is 16.3. The van der Waals surface area contributed by atoms with E-state index >= 15 is 9.59 Å². The van der Waals surface area contributed by atoms with Crippen LogP contribution in [-0.2, 0) is 72.8 Å². The average Bonchev–Trinajstić information content (AvgIpc) is 3.52. The molecule has 8 rings (SSSR count). The number of fused-ring (bicyclic) bond motifs is 5. The van der Waals surface area contributed by atoms with Gasteiger partial charge in [0.15, 0.2) is 17.5 Å². The van der Waals surface area contributed by atoms with Crippen molar-refractivity contribution < 1.29 is 95.5 Å². The molecule has 0 radical (unpaired) electrons. The highest BCUT2D eigenvalue weighted by Gasteiger charge is 2.79. The van der Waals surface area contributed by atoms with Gasteiger partial charge in [0.25, 0.3) is 5.91 Å². The number of phosphoric ester groups is 1. The maximum atomic E-state index is 16.5. The Morgan fingerprint density at radius 1 is 0.775 bits per heavy atom. The molecule has 11 atom stereocenters. The Balaban J connectivity index is 1.33. The predicted octanol–water partition coefficient (Wildman–Crippen LogP) is 6.17. The number of esters is 6. The molecule has 4 N–H and O–H groups in total. The van der Waals surface area contributed by atoms with Crippen molar-refractivity contribution in [2.24, 2.45) is 16.7 Å². The summed E-state index contributed by atoms with van der Waals surface area (Å²) in [6, 6.07) is 27.9. The van der Waals surface area contributed by atoms with Crippen LogP contribution in [0.5, 0.6) is 0 Å². The van der Waals surface area contributed by atoms with Crippen molar-refractivity contribution in [1.82, 2.24) is 5.32 Å². The SMILES string of the molecule is CCC(=O)O[C@@H](C(=O)O[C@H]1C[C@@]2(O)[C@@H](OC(=O)c3ccccc3)[C@@H]3[C@]4(OC(C)=O)CO[C@@H]4C[C@H](OC(=O)c4ccccc4COP(=O)(O)O)[C@@]3(C)C(=O)[C@H](OC(C)=O)C(=C1C)C2(C)C)[C@@H](NC(=O)c1ccccc1)c1ccccc1. The number of amides is 1. The Morgan fingerprint density at radius 2 is 1.38 bits per heavy atom. The van der Waals surface area contributed by atoms with E-state index in [9.17, 15) is 48.2 Å². The van der Waals surface area contributed by atoms with Gasteiger partial charge in [-0.05, 0) is 66.5 Å². The molecule has 0 unspecified atom stereocenters. The van der Waals surface area contributed by atoms with E-state index in [0.717, 1.165) is 13.8 Å². The molecule has 0 aromatic heterocycles. The minimum atomic E-state index is -5.07. The fourth-order valence-corrected chi connectivity index (χ4v) is 12.2. The van der Waals surface area contributed by atoms with Crippen LogP contribution in [0.2, 0.25) is 0 Å². The molecule has 4 aromatic rings. The maximum Gasteiger partial charge on any atom is 0.469 e. The zero-order valence-corrected chi connectivity index (χ0v) is 45.7. The first kappa shape index (κ1) is 58.8. The molecule has 1 saturated heterocycles. The molecule has 21 nitrogen and oxygen atoms in total. The number of hydrogen-bond donors (Lipinski definition) is 4. The van der Waals surface area contributed by atoms with Gasteiger partial charge < -0.3 is 53.4 Å². The van der Waals surface area contributed by atoms with Gasteiger partial charge in [-0.2, -0.15) is 0 Å². The number of phosphoric acid groups is 1. The van der Waals surface area contributed by atoms with Crippen LogP contribution in [0.1, 0.15) is 116 Å². The highest BCUT2D eigenvalue weighted by atomic mass is 31.2. The summed E-state index contributed by atoms with van der Waals surface area (Å²) < 4.78 is 60.1.